The number of rotatable bonds is 3. The third kappa shape index (κ3) is 2.69. The third-order valence-electron chi connectivity index (χ3n) is 4.65. The quantitative estimate of drug-likeness (QED) is 0.619. The fourth-order valence-corrected chi connectivity index (χ4v) is 3.15. The summed E-state index contributed by atoms with van der Waals surface area (Å²) in [6.07, 6.45) is 5.28. The number of carbonyl (C=O) groups excluding carboxylic acids is 1. The van der Waals surface area contributed by atoms with Gasteiger partial charge in [-0.1, -0.05) is 11.6 Å². The molecule has 1 aromatic carbocycles. The lowest BCUT2D eigenvalue weighted by molar-refractivity contribution is 0.0952. The second-order valence-electron chi connectivity index (χ2n) is 6.46. The maximum Gasteiger partial charge on any atom is 0.252 e. The van der Waals surface area contributed by atoms with E-state index in [9.17, 15) is 4.79 Å². The van der Waals surface area contributed by atoms with Gasteiger partial charge in [-0.25, -0.2) is 9.50 Å². The van der Waals surface area contributed by atoms with Gasteiger partial charge in [0.05, 0.1) is 17.3 Å². The summed E-state index contributed by atoms with van der Waals surface area (Å²) < 4.78 is 1.70. The third-order valence-corrected chi connectivity index (χ3v) is 4.65. The Labute approximate surface area is 150 Å². The van der Waals surface area contributed by atoms with Crippen LogP contribution in [0.2, 0.25) is 0 Å². The first-order chi connectivity index (χ1) is 12.5. The van der Waals surface area contributed by atoms with Gasteiger partial charge in [-0.2, -0.15) is 5.10 Å². The van der Waals surface area contributed by atoms with Gasteiger partial charge >= 0.3 is 0 Å². The Kier molecular flexibility index (Phi) is 3.88. The Morgan fingerprint density at radius 3 is 2.92 bits per heavy atom. The summed E-state index contributed by atoms with van der Waals surface area (Å²) in [4.78, 5) is 21.9. The molecule has 0 radical (unpaired) electrons. The van der Waals surface area contributed by atoms with Crippen LogP contribution >= 0.6 is 0 Å². The number of benzene rings is 1. The zero-order valence-electron chi connectivity index (χ0n) is 14.9. The van der Waals surface area contributed by atoms with Crippen molar-refractivity contribution in [1.29, 1.82) is 0 Å². The number of nitrogens with one attached hydrogen (secondary N) is 1. The molecule has 0 aliphatic carbocycles. The van der Waals surface area contributed by atoms with Gasteiger partial charge in [-0.3, -0.25) is 9.78 Å². The summed E-state index contributed by atoms with van der Waals surface area (Å²) in [6, 6.07) is 7.81. The largest absolute Gasteiger partial charge is 0.348 e. The number of nitrogens with zero attached hydrogens (tertiary/aromatic N) is 4. The molecule has 130 valence electrons. The van der Waals surface area contributed by atoms with E-state index in [1.165, 1.54) is 0 Å². The highest BCUT2D eigenvalue weighted by Crippen LogP contribution is 2.24. The summed E-state index contributed by atoms with van der Waals surface area (Å²) in [6.45, 7) is 6.25. The second-order valence-corrected chi connectivity index (χ2v) is 6.46. The number of aromatic nitrogens is 4. The van der Waals surface area contributed by atoms with Crippen molar-refractivity contribution >= 4 is 22.5 Å². The highest BCUT2D eigenvalue weighted by Gasteiger charge is 2.17. The number of amides is 1. The predicted molar refractivity (Wildman–Crippen MR) is 100 cm³/mol. The molecule has 6 nitrogen and oxygen atoms in total. The summed E-state index contributed by atoms with van der Waals surface area (Å²) in [5, 5.41) is 8.15. The van der Waals surface area contributed by atoms with Gasteiger partial charge in [-0.05, 0) is 44.5 Å². The van der Waals surface area contributed by atoms with Crippen molar-refractivity contribution in [3.05, 3.63) is 70.8 Å². The number of fused-ring (bicyclic) bond motifs is 2. The van der Waals surface area contributed by atoms with Gasteiger partial charge in [0.1, 0.15) is 0 Å². The standard InChI is InChI=1S/C20H19N5O/c1-12-5-6-17-16(9-12)18(13(2)14(3)24-17)20(26)22-10-15-11-23-25-8-4-7-21-19(15)25/h4-9,11H,10H2,1-3H3,(H,22,26). The molecule has 6 heteroatoms. The van der Waals surface area contributed by atoms with E-state index in [4.69, 9.17) is 0 Å². The molecule has 4 rings (SSSR count). The van der Waals surface area contributed by atoms with Gasteiger partial charge in [0.15, 0.2) is 5.65 Å². The molecule has 0 fully saturated rings. The maximum absolute atomic E-state index is 13.0. The average Bonchev–Trinajstić information content (AvgIpc) is 3.04. The smallest absolute Gasteiger partial charge is 0.252 e. The van der Waals surface area contributed by atoms with Crippen LogP contribution in [0.3, 0.4) is 0 Å². The van der Waals surface area contributed by atoms with E-state index < -0.39 is 0 Å². The van der Waals surface area contributed by atoms with Gasteiger partial charge in [-0.15, -0.1) is 0 Å². The Hall–Kier alpha value is -3.28. The fraction of sp³-hybridized carbons (Fsp3) is 0.200. The molecular weight excluding hydrogens is 326 g/mol. The lowest BCUT2D eigenvalue weighted by atomic mass is 9.99. The SMILES string of the molecule is Cc1ccc2nc(C)c(C)c(C(=O)NCc3cnn4cccnc34)c2c1. The van der Waals surface area contributed by atoms with E-state index in [0.717, 1.165) is 38.9 Å². The van der Waals surface area contributed by atoms with E-state index >= 15 is 0 Å². The van der Waals surface area contributed by atoms with Gasteiger partial charge < -0.3 is 5.32 Å². The summed E-state index contributed by atoms with van der Waals surface area (Å²) in [5.74, 6) is -0.112. The maximum atomic E-state index is 13.0. The minimum Gasteiger partial charge on any atom is -0.348 e. The normalized spacial score (nSPS) is 11.2. The first-order valence-corrected chi connectivity index (χ1v) is 8.47. The molecule has 0 saturated heterocycles. The molecule has 0 spiro atoms. The van der Waals surface area contributed by atoms with Crippen LogP contribution in [0.15, 0.2) is 42.9 Å². The van der Waals surface area contributed by atoms with Crippen LogP contribution in [-0.4, -0.2) is 25.5 Å². The van der Waals surface area contributed by atoms with Crippen LogP contribution in [0, 0.1) is 20.8 Å². The molecule has 3 heterocycles. The number of hydrogen-bond acceptors (Lipinski definition) is 4. The minimum atomic E-state index is -0.112. The first kappa shape index (κ1) is 16.2. The van der Waals surface area contributed by atoms with Gasteiger partial charge in [0.25, 0.3) is 5.91 Å². The van der Waals surface area contributed by atoms with Crippen molar-refractivity contribution in [3.8, 4) is 0 Å². The van der Waals surface area contributed by atoms with E-state index in [-0.39, 0.29) is 5.91 Å². The summed E-state index contributed by atoms with van der Waals surface area (Å²) in [5.41, 5.74) is 6.01. The molecule has 0 atom stereocenters. The highest BCUT2D eigenvalue weighted by atomic mass is 16.1. The van der Waals surface area contributed by atoms with Gasteiger partial charge in [0, 0.05) is 35.6 Å². The Balaban J connectivity index is 1.70. The van der Waals surface area contributed by atoms with Crippen LogP contribution < -0.4 is 5.32 Å². The molecule has 0 bridgehead atoms. The molecule has 1 N–H and O–H groups in total. The van der Waals surface area contributed by atoms with Crippen LogP contribution in [-0.2, 0) is 6.54 Å². The number of carbonyl (C=O) groups is 1. The Bertz CT molecular complexity index is 1150. The predicted octanol–water partition coefficient (Wildman–Crippen LogP) is 3.13. The van der Waals surface area contributed by atoms with E-state index in [1.54, 1.807) is 16.9 Å². The lowest BCUT2D eigenvalue weighted by Crippen LogP contribution is -2.24. The van der Waals surface area contributed by atoms with Crippen molar-refractivity contribution in [2.45, 2.75) is 27.3 Å². The highest BCUT2D eigenvalue weighted by molar-refractivity contribution is 6.07. The molecule has 1 amide bonds. The van der Waals surface area contributed by atoms with Crippen molar-refractivity contribution in [1.82, 2.24) is 24.9 Å². The van der Waals surface area contributed by atoms with E-state index in [2.05, 4.69) is 20.4 Å². The van der Waals surface area contributed by atoms with E-state index in [1.807, 2.05) is 51.2 Å². The lowest BCUT2D eigenvalue weighted by Gasteiger charge is -2.13. The second kappa shape index (κ2) is 6.22. The minimum absolute atomic E-state index is 0.112. The monoisotopic (exact) mass is 345 g/mol. The molecular formula is C20H19N5O. The summed E-state index contributed by atoms with van der Waals surface area (Å²) in [7, 11) is 0. The topological polar surface area (TPSA) is 72.2 Å². The molecule has 0 aliphatic heterocycles. The summed E-state index contributed by atoms with van der Waals surface area (Å²) >= 11 is 0. The van der Waals surface area contributed by atoms with Crippen LogP contribution in [0.5, 0.6) is 0 Å². The number of pyridine rings is 1. The van der Waals surface area contributed by atoms with Crippen molar-refractivity contribution in [2.24, 2.45) is 0 Å². The number of hydrogen-bond donors (Lipinski definition) is 1. The van der Waals surface area contributed by atoms with Crippen molar-refractivity contribution in [3.63, 3.8) is 0 Å². The van der Waals surface area contributed by atoms with Crippen LogP contribution in [0.1, 0.15) is 32.7 Å². The zero-order valence-corrected chi connectivity index (χ0v) is 14.9. The Morgan fingerprint density at radius 2 is 2.08 bits per heavy atom. The molecule has 0 saturated carbocycles. The fourth-order valence-electron chi connectivity index (χ4n) is 3.15. The molecule has 0 unspecified atom stereocenters. The Morgan fingerprint density at radius 1 is 1.23 bits per heavy atom. The molecule has 0 aliphatic rings. The van der Waals surface area contributed by atoms with Crippen LogP contribution in [0.4, 0.5) is 0 Å². The van der Waals surface area contributed by atoms with Crippen molar-refractivity contribution < 1.29 is 4.79 Å². The molecule has 26 heavy (non-hydrogen) atoms. The van der Waals surface area contributed by atoms with Crippen molar-refractivity contribution in [2.75, 3.05) is 0 Å². The molecule has 4 aromatic rings. The van der Waals surface area contributed by atoms with E-state index in [0.29, 0.717) is 12.1 Å². The van der Waals surface area contributed by atoms with Crippen LogP contribution in [0.25, 0.3) is 16.6 Å². The molecule has 3 aromatic heterocycles. The zero-order chi connectivity index (χ0) is 18.3. The number of aryl methyl sites for hydroxylation is 2. The van der Waals surface area contributed by atoms with Gasteiger partial charge in [0.2, 0.25) is 0 Å². The first-order valence-electron chi connectivity index (χ1n) is 8.47. The average molecular weight is 345 g/mol.